The third-order valence-electron chi connectivity index (χ3n) is 7.08. The standard InChI is InChI=1S/C34H30N2O2.ClH/c1-38-29-19-17-27(18-20-29)35-22-28(37)23-36-33(26-13-6-3-7-14-26)32(25-11-4-2-5-12-25)31-21-16-24-10-8-9-15-30(24)34(31)36;/h2-21,28,35,37H,22-23H2,1H3;1H. The van der Waals surface area contributed by atoms with E-state index in [4.69, 9.17) is 4.74 Å². The Morgan fingerprint density at radius 2 is 1.36 bits per heavy atom. The van der Waals surface area contributed by atoms with Gasteiger partial charge in [-0.1, -0.05) is 97.1 Å². The summed E-state index contributed by atoms with van der Waals surface area (Å²) in [4.78, 5) is 0. The first-order valence-corrected chi connectivity index (χ1v) is 12.9. The molecule has 0 fully saturated rings. The maximum absolute atomic E-state index is 11.3. The van der Waals surface area contributed by atoms with Gasteiger partial charge in [0.1, 0.15) is 5.75 Å². The average Bonchev–Trinajstić information content (AvgIpc) is 3.31. The van der Waals surface area contributed by atoms with Gasteiger partial charge in [0.05, 0.1) is 31.0 Å². The zero-order chi connectivity index (χ0) is 25.9. The lowest BCUT2D eigenvalue weighted by Gasteiger charge is -2.18. The van der Waals surface area contributed by atoms with Gasteiger partial charge < -0.3 is 19.7 Å². The number of hydrogen-bond donors (Lipinski definition) is 2. The molecular weight excluding hydrogens is 504 g/mol. The summed E-state index contributed by atoms with van der Waals surface area (Å²) in [6, 6.07) is 41.7. The SMILES string of the molecule is COc1ccc(NCC(O)Cn2c(-c3ccccc3)c(-c3ccccc3)c3ccc4ccccc4c32)cc1.Cl. The second-order valence-electron chi connectivity index (χ2n) is 9.51. The average molecular weight is 535 g/mol. The van der Waals surface area contributed by atoms with Crippen LogP contribution in [0.1, 0.15) is 0 Å². The van der Waals surface area contributed by atoms with Crippen molar-refractivity contribution in [3.8, 4) is 28.1 Å². The van der Waals surface area contributed by atoms with Gasteiger partial charge in [0.2, 0.25) is 0 Å². The molecule has 2 N–H and O–H groups in total. The molecule has 0 saturated carbocycles. The van der Waals surface area contributed by atoms with Gasteiger partial charge in [0.15, 0.2) is 0 Å². The minimum absolute atomic E-state index is 0. The molecule has 196 valence electrons. The topological polar surface area (TPSA) is 46.4 Å². The van der Waals surface area contributed by atoms with Crippen LogP contribution >= 0.6 is 12.4 Å². The van der Waals surface area contributed by atoms with E-state index in [0.717, 1.165) is 33.8 Å². The molecule has 4 nitrogen and oxygen atoms in total. The number of methoxy groups -OCH3 is 1. The number of benzene rings is 5. The molecular formula is C34H31ClN2O2. The Hall–Kier alpha value is -4.25. The van der Waals surface area contributed by atoms with Crippen molar-refractivity contribution in [2.24, 2.45) is 0 Å². The van der Waals surface area contributed by atoms with Crippen molar-refractivity contribution in [1.29, 1.82) is 0 Å². The molecule has 0 aliphatic rings. The van der Waals surface area contributed by atoms with Crippen molar-refractivity contribution in [3.05, 3.63) is 121 Å². The third kappa shape index (κ3) is 5.22. The first-order valence-electron chi connectivity index (χ1n) is 12.9. The van der Waals surface area contributed by atoms with Gasteiger partial charge in [-0.05, 0) is 40.8 Å². The Labute approximate surface area is 234 Å². The summed E-state index contributed by atoms with van der Waals surface area (Å²) in [7, 11) is 1.66. The van der Waals surface area contributed by atoms with Crippen LogP contribution < -0.4 is 10.1 Å². The first-order chi connectivity index (χ1) is 18.7. The summed E-state index contributed by atoms with van der Waals surface area (Å²) < 4.78 is 7.58. The highest BCUT2D eigenvalue weighted by molar-refractivity contribution is 6.15. The number of aliphatic hydroxyl groups is 1. The molecule has 0 aliphatic heterocycles. The van der Waals surface area contributed by atoms with Gasteiger partial charge in [-0.3, -0.25) is 0 Å². The molecule has 1 unspecified atom stereocenters. The van der Waals surface area contributed by atoms with Gasteiger partial charge in [-0.25, -0.2) is 0 Å². The molecule has 6 aromatic rings. The van der Waals surface area contributed by atoms with Crippen LogP contribution in [0.25, 0.3) is 44.1 Å². The summed E-state index contributed by atoms with van der Waals surface area (Å²) >= 11 is 0. The second-order valence-corrected chi connectivity index (χ2v) is 9.51. The third-order valence-corrected chi connectivity index (χ3v) is 7.08. The van der Waals surface area contributed by atoms with Crippen LogP contribution in [0.5, 0.6) is 5.75 Å². The zero-order valence-electron chi connectivity index (χ0n) is 21.7. The number of anilines is 1. The fourth-order valence-corrected chi connectivity index (χ4v) is 5.32. The zero-order valence-corrected chi connectivity index (χ0v) is 22.6. The Bertz CT molecular complexity index is 1680. The maximum Gasteiger partial charge on any atom is 0.119 e. The minimum atomic E-state index is -0.613. The molecule has 0 bridgehead atoms. The Morgan fingerprint density at radius 3 is 2.05 bits per heavy atom. The smallest absolute Gasteiger partial charge is 0.119 e. The van der Waals surface area contributed by atoms with Gasteiger partial charge in [-0.15, -0.1) is 12.4 Å². The number of fused-ring (bicyclic) bond motifs is 3. The van der Waals surface area contributed by atoms with Crippen molar-refractivity contribution in [2.45, 2.75) is 12.6 Å². The van der Waals surface area contributed by atoms with Crippen molar-refractivity contribution < 1.29 is 9.84 Å². The van der Waals surface area contributed by atoms with E-state index in [0.29, 0.717) is 13.1 Å². The predicted octanol–water partition coefficient (Wildman–Crippen LogP) is 8.03. The van der Waals surface area contributed by atoms with E-state index >= 15 is 0 Å². The van der Waals surface area contributed by atoms with E-state index in [1.54, 1.807) is 7.11 Å². The lowest BCUT2D eigenvalue weighted by molar-refractivity contribution is 0.169. The molecule has 0 radical (unpaired) electrons. The summed E-state index contributed by atoms with van der Waals surface area (Å²) in [5.41, 5.74) is 6.68. The second kappa shape index (κ2) is 11.6. The molecule has 0 amide bonds. The van der Waals surface area contributed by atoms with Gasteiger partial charge in [-0.2, -0.15) is 0 Å². The Morgan fingerprint density at radius 1 is 0.718 bits per heavy atom. The van der Waals surface area contributed by atoms with Crippen LogP contribution in [0.2, 0.25) is 0 Å². The number of rotatable bonds is 8. The van der Waals surface area contributed by atoms with E-state index in [9.17, 15) is 5.11 Å². The summed E-state index contributed by atoms with van der Waals surface area (Å²) in [6.07, 6.45) is -0.613. The van der Waals surface area contributed by atoms with Crippen LogP contribution in [0.15, 0.2) is 121 Å². The highest BCUT2D eigenvalue weighted by Crippen LogP contribution is 2.43. The minimum Gasteiger partial charge on any atom is -0.497 e. The van der Waals surface area contributed by atoms with Crippen molar-refractivity contribution in [2.75, 3.05) is 19.0 Å². The van der Waals surface area contributed by atoms with Crippen LogP contribution in [0.3, 0.4) is 0 Å². The number of ether oxygens (including phenoxy) is 1. The number of nitrogens with zero attached hydrogens (tertiary/aromatic N) is 1. The van der Waals surface area contributed by atoms with E-state index in [-0.39, 0.29) is 12.4 Å². The molecule has 39 heavy (non-hydrogen) atoms. The largest absolute Gasteiger partial charge is 0.497 e. The van der Waals surface area contributed by atoms with Gasteiger partial charge in [0, 0.05) is 28.6 Å². The maximum atomic E-state index is 11.3. The van der Waals surface area contributed by atoms with E-state index < -0.39 is 6.10 Å². The Balaban J connectivity index is 0.00000308. The molecule has 0 saturated heterocycles. The van der Waals surface area contributed by atoms with Crippen LogP contribution in [0.4, 0.5) is 5.69 Å². The number of halogens is 1. The quantitative estimate of drug-likeness (QED) is 0.208. The molecule has 1 heterocycles. The predicted molar refractivity (Wildman–Crippen MR) is 165 cm³/mol. The van der Waals surface area contributed by atoms with Crippen LogP contribution in [-0.2, 0) is 6.54 Å². The summed E-state index contributed by atoms with van der Waals surface area (Å²) in [5, 5.41) is 18.3. The molecule has 0 spiro atoms. The Kier molecular flexibility index (Phi) is 7.87. The highest BCUT2D eigenvalue weighted by Gasteiger charge is 2.23. The van der Waals surface area contributed by atoms with Crippen LogP contribution in [0, 0.1) is 0 Å². The normalized spacial score (nSPS) is 11.7. The molecule has 0 aliphatic carbocycles. The van der Waals surface area contributed by atoms with E-state index in [1.807, 2.05) is 30.3 Å². The number of aliphatic hydroxyl groups excluding tert-OH is 1. The van der Waals surface area contributed by atoms with E-state index in [1.165, 1.54) is 21.7 Å². The summed E-state index contributed by atoms with van der Waals surface area (Å²) in [5.74, 6) is 0.808. The number of nitrogens with one attached hydrogen (secondary N) is 1. The molecule has 1 aromatic heterocycles. The summed E-state index contributed by atoms with van der Waals surface area (Å²) in [6.45, 7) is 0.871. The molecule has 1 atom stereocenters. The first kappa shape index (κ1) is 26.4. The van der Waals surface area contributed by atoms with Crippen LogP contribution in [-0.4, -0.2) is 29.4 Å². The highest BCUT2D eigenvalue weighted by atomic mass is 35.5. The lowest BCUT2D eigenvalue weighted by atomic mass is 9.97. The van der Waals surface area contributed by atoms with Crippen molar-refractivity contribution in [1.82, 2.24) is 4.57 Å². The lowest BCUT2D eigenvalue weighted by Crippen LogP contribution is -2.25. The number of hydrogen-bond acceptors (Lipinski definition) is 3. The molecule has 5 aromatic carbocycles. The fourth-order valence-electron chi connectivity index (χ4n) is 5.32. The van der Waals surface area contributed by atoms with E-state index in [2.05, 4.69) is 101 Å². The van der Waals surface area contributed by atoms with Crippen molar-refractivity contribution in [3.63, 3.8) is 0 Å². The number of aromatic nitrogens is 1. The monoisotopic (exact) mass is 534 g/mol. The molecule has 6 rings (SSSR count). The fraction of sp³-hybridized carbons (Fsp3) is 0.118. The van der Waals surface area contributed by atoms with Gasteiger partial charge in [0.25, 0.3) is 0 Å². The van der Waals surface area contributed by atoms with Gasteiger partial charge >= 0.3 is 0 Å². The molecule has 5 heteroatoms. The van der Waals surface area contributed by atoms with Crippen molar-refractivity contribution >= 4 is 39.8 Å².